The Bertz CT molecular complexity index is 1070. The molecule has 220 valence electrons. The molecule has 2 aliphatic carbocycles. The van der Waals surface area contributed by atoms with Gasteiger partial charge in [-0.05, 0) is 63.1 Å². The quantitative estimate of drug-likeness (QED) is 0.404. The van der Waals surface area contributed by atoms with E-state index in [2.05, 4.69) is 20.9 Å². The summed E-state index contributed by atoms with van der Waals surface area (Å²) in [5.41, 5.74) is 0.806. The first-order valence-corrected chi connectivity index (χ1v) is 15.1. The molecule has 1 saturated heterocycles. The van der Waals surface area contributed by atoms with E-state index < -0.39 is 23.7 Å². The van der Waals surface area contributed by atoms with Crippen molar-refractivity contribution in [2.75, 3.05) is 26.7 Å². The zero-order valence-electron chi connectivity index (χ0n) is 24.6. The highest BCUT2D eigenvalue weighted by Crippen LogP contribution is 2.34. The highest BCUT2D eigenvalue weighted by Gasteiger charge is 2.45. The van der Waals surface area contributed by atoms with Gasteiger partial charge in [0.15, 0.2) is 0 Å². The Hall–Kier alpha value is -2.78. The van der Waals surface area contributed by atoms with Gasteiger partial charge in [-0.1, -0.05) is 57.4 Å². The van der Waals surface area contributed by atoms with E-state index >= 15 is 0 Å². The molecule has 2 fully saturated rings. The maximum absolute atomic E-state index is 14.2. The van der Waals surface area contributed by atoms with Crippen molar-refractivity contribution in [2.24, 2.45) is 5.92 Å². The molecule has 0 bridgehead atoms. The van der Waals surface area contributed by atoms with Crippen LogP contribution in [-0.2, 0) is 31.1 Å². The van der Waals surface area contributed by atoms with Gasteiger partial charge < -0.3 is 25.6 Å². The molecule has 0 aromatic heterocycles. The normalized spacial score (nSPS) is 25.5. The lowest BCUT2D eigenvalue weighted by Crippen LogP contribution is -2.67. The number of likely N-dealkylation sites (N-methyl/N-ethyl adjacent to an activating group) is 1. The number of piperazine rings is 1. The molecule has 0 spiro atoms. The summed E-state index contributed by atoms with van der Waals surface area (Å²) in [6.07, 6.45) is 8.84. The number of aryl methyl sites for hydroxylation is 1. The van der Waals surface area contributed by atoms with Crippen molar-refractivity contribution in [3.8, 4) is 0 Å². The van der Waals surface area contributed by atoms with Crippen LogP contribution in [0.15, 0.2) is 24.3 Å². The van der Waals surface area contributed by atoms with Gasteiger partial charge in [-0.3, -0.25) is 19.3 Å². The van der Waals surface area contributed by atoms with Crippen molar-refractivity contribution in [1.82, 2.24) is 25.8 Å². The van der Waals surface area contributed by atoms with Crippen LogP contribution < -0.4 is 16.0 Å². The lowest BCUT2D eigenvalue weighted by Gasteiger charge is -2.46. The Balaban J connectivity index is 1.62. The molecule has 1 aromatic rings. The zero-order chi connectivity index (χ0) is 28.9. The molecular formula is C31H47N5O4. The molecule has 1 aliphatic heterocycles. The standard InChI is InChI=1S/C31H47N5O4/c1-21(2)27(33-28(38)22(3)32-4)30(40)36-18-17-35(24-13-6-5-7-14-24)19-26(36)29(39)34-31(20-37)16-10-12-23-11-8-9-15-25(23)31/h8-9,11,15,20-22,24,26-27,32H,5-7,10,12-14,16-19H2,1-4H3,(H,33,38)(H,34,39). The minimum atomic E-state index is -1.11. The number of hydrogen-bond acceptors (Lipinski definition) is 6. The summed E-state index contributed by atoms with van der Waals surface area (Å²) in [5, 5.41) is 8.96. The Kier molecular flexibility index (Phi) is 10.0. The molecule has 1 heterocycles. The van der Waals surface area contributed by atoms with E-state index in [0.29, 0.717) is 32.1 Å². The molecule has 3 aliphatic rings. The smallest absolute Gasteiger partial charge is 0.246 e. The fourth-order valence-corrected chi connectivity index (χ4v) is 6.62. The second-order valence-corrected chi connectivity index (χ2v) is 12.2. The van der Waals surface area contributed by atoms with Gasteiger partial charge in [0.05, 0.1) is 6.04 Å². The second kappa shape index (κ2) is 13.3. The summed E-state index contributed by atoms with van der Waals surface area (Å²) < 4.78 is 0. The van der Waals surface area contributed by atoms with Gasteiger partial charge in [-0.2, -0.15) is 0 Å². The molecule has 3 N–H and O–H groups in total. The van der Waals surface area contributed by atoms with Crippen LogP contribution in [0.1, 0.15) is 76.8 Å². The third kappa shape index (κ3) is 6.41. The summed E-state index contributed by atoms with van der Waals surface area (Å²) in [4.78, 5) is 57.6. The van der Waals surface area contributed by atoms with E-state index in [1.165, 1.54) is 19.3 Å². The van der Waals surface area contributed by atoms with Crippen molar-refractivity contribution < 1.29 is 19.2 Å². The van der Waals surface area contributed by atoms with Gasteiger partial charge in [0.25, 0.3) is 0 Å². The molecule has 0 radical (unpaired) electrons. The number of hydrogen-bond donors (Lipinski definition) is 3. The third-order valence-electron chi connectivity index (χ3n) is 9.21. The van der Waals surface area contributed by atoms with E-state index in [1.807, 2.05) is 38.1 Å². The van der Waals surface area contributed by atoms with E-state index in [-0.39, 0.29) is 23.6 Å². The Morgan fingerprint density at radius 3 is 2.42 bits per heavy atom. The summed E-state index contributed by atoms with van der Waals surface area (Å²) in [6, 6.07) is 6.24. The fourth-order valence-electron chi connectivity index (χ4n) is 6.62. The topological polar surface area (TPSA) is 111 Å². The highest BCUT2D eigenvalue weighted by atomic mass is 16.2. The lowest BCUT2D eigenvalue weighted by atomic mass is 9.77. The minimum Gasteiger partial charge on any atom is -0.343 e. The van der Waals surface area contributed by atoms with Crippen molar-refractivity contribution in [1.29, 1.82) is 0 Å². The minimum absolute atomic E-state index is 0.160. The first-order chi connectivity index (χ1) is 19.2. The Morgan fingerprint density at radius 2 is 1.75 bits per heavy atom. The number of carbonyl (C=O) groups excluding carboxylic acids is 4. The Morgan fingerprint density at radius 1 is 1.02 bits per heavy atom. The van der Waals surface area contributed by atoms with Crippen LogP contribution in [0, 0.1) is 5.92 Å². The van der Waals surface area contributed by atoms with Crippen molar-refractivity contribution in [3.63, 3.8) is 0 Å². The molecule has 9 heteroatoms. The second-order valence-electron chi connectivity index (χ2n) is 12.2. The number of benzene rings is 1. The molecule has 40 heavy (non-hydrogen) atoms. The van der Waals surface area contributed by atoms with Crippen molar-refractivity contribution in [3.05, 3.63) is 35.4 Å². The number of aldehydes is 1. The Labute approximate surface area is 238 Å². The molecule has 4 atom stereocenters. The van der Waals surface area contributed by atoms with E-state index in [4.69, 9.17) is 0 Å². The lowest BCUT2D eigenvalue weighted by molar-refractivity contribution is -0.149. The monoisotopic (exact) mass is 553 g/mol. The fraction of sp³-hybridized carbons (Fsp3) is 0.677. The molecule has 1 aromatic carbocycles. The van der Waals surface area contributed by atoms with Crippen LogP contribution in [0.3, 0.4) is 0 Å². The van der Waals surface area contributed by atoms with Gasteiger partial charge in [-0.25, -0.2) is 0 Å². The maximum Gasteiger partial charge on any atom is 0.246 e. The SMILES string of the molecule is CNC(C)C(=O)NC(C(=O)N1CCN(C2CCCCC2)CC1C(=O)NC1(C=O)CCCc2ccccc21)C(C)C. The van der Waals surface area contributed by atoms with Crippen LogP contribution in [0.25, 0.3) is 0 Å². The van der Waals surface area contributed by atoms with E-state index in [0.717, 1.165) is 43.1 Å². The number of nitrogens with one attached hydrogen (secondary N) is 3. The number of fused-ring (bicyclic) bond motifs is 1. The molecule has 3 amide bonds. The number of carbonyl (C=O) groups is 4. The third-order valence-corrected chi connectivity index (χ3v) is 9.21. The first kappa shape index (κ1) is 30.2. The zero-order valence-corrected chi connectivity index (χ0v) is 24.6. The van der Waals surface area contributed by atoms with Gasteiger partial charge in [0, 0.05) is 25.7 Å². The van der Waals surface area contributed by atoms with Gasteiger partial charge in [0.2, 0.25) is 17.7 Å². The van der Waals surface area contributed by atoms with E-state index in [1.54, 1.807) is 18.9 Å². The summed E-state index contributed by atoms with van der Waals surface area (Å²) >= 11 is 0. The maximum atomic E-state index is 14.2. The molecule has 1 saturated carbocycles. The predicted octanol–water partition coefficient (Wildman–Crippen LogP) is 2.13. The van der Waals surface area contributed by atoms with E-state index in [9.17, 15) is 19.2 Å². The van der Waals surface area contributed by atoms with Gasteiger partial charge in [-0.15, -0.1) is 0 Å². The van der Waals surface area contributed by atoms with Crippen LogP contribution >= 0.6 is 0 Å². The predicted molar refractivity (Wildman–Crippen MR) is 155 cm³/mol. The molecule has 4 rings (SSSR count). The van der Waals surface area contributed by atoms with Gasteiger partial charge >= 0.3 is 0 Å². The summed E-state index contributed by atoms with van der Waals surface area (Å²) in [5.74, 6) is -0.975. The average molecular weight is 554 g/mol. The number of nitrogens with zero attached hydrogens (tertiary/aromatic N) is 2. The summed E-state index contributed by atoms with van der Waals surface area (Å²) in [7, 11) is 1.70. The van der Waals surface area contributed by atoms with Crippen LogP contribution in [0.4, 0.5) is 0 Å². The van der Waals surface area contributed by atoms with Gasteiger partial charge in [0.1, 0.15) is 23.9 Å². The highest BCUT2D eigenvalue weighted by molar-refractivity contribution is 5.94. The van der Waals surface area contributed by atoms with Crippen molar-refractivity contribution >= 4 is 24.0 Å². The van der Waals surface area contributed by atoms with Crippen LogP contribution in [-0.4, -0.2) is 84.7 Å². The largest absolute Gasteiger partial charge is 0.343 e. The molecule has 4 unspecified atom stereocenters. The van der Waals surface area contributed by atoms with Crippen LogP contribution in [0.5, 0.6) is 0 Å². The average Bonchev–Trinajstić information content (AvgIpc) is 2.99. The van der Waals surface area contributed by atoms with Crippen LogP contribution in [0.2, 0.25) is 0 Å². The number of amides is 3. The molecular weight excluding hydrogens is 506 g/mol. The molecule has 9 nitrogen and oxygen atoms in total. The summed E-state index contributed by atoms with van der Waals surface area (Å²) in [6.45, 7) is 7.06. The van der Waals surface area contributed by atoms with Crippen molar-refractivity contribution in [2.45, 2.75) is 102 Å². The number of rotatable bonds is 9. The first-order valence-electron chi connectivity index (χ1n) is 15.1.